The minimum absolute atomic E-state index is 0.282. The van der Waals surface area contributed by atoms with Crippen LogP contribution < -0.4 is 11.7 Å². The molecule has 0 atom stereocenters. The number of hydrogen-bond donors (Lipinski definition) is 2. The lowest BCUT2D eigenvalue weighted by Gasteiger charge is -2.16. The van der Waals surface area contributed by atoms with E-state index in [1.165, 1.54) is 5.01 Å². The number of hydrazone groups is 1. The molecule has 9 heavy (non-hydrogen) atoms. The number of nitrogens with two attached hydrogens (primary N) is 2. The third kappa shape index (κ3) is 2.32. The van der Waals surface area contributed by atoms with Crippen molar-refractivity contribution in [2.75, 3.05) is 7.05 Å². The summed E-state index contributed by atoms with van der Waals surface area (Å²) in [4.78, 5) is 0. The summed E-state index contributed by atoms with van der Waals surface area (Å²) in [6.07, 6.45) is 0. The SMILES string of the molecule is CC(C)/C(=N/N)N(C)N. The molecule has 0 aliphatic heterocycles. The van der Waals surface area contributed by atoms with Gasteiger partial charge in [-0.15, -0.1) is 0 Å². The first-order chi connectivity index (χ1) is 4.09. The van der Waals surface area contributed by atoms with E-state index in [0.717, 1.165) is 0 Å². The Bertz CT molecular complexity index is 95.5. The molecule has 0 fully saturated rings. The van der Waals surface area contributed by atoms with E-state index < -0.39 is 0 Å². The van der Waals surface area contributed by atoms with Crippen molar-refractivity contribution in [1.29, 1.82) is 0 Å². The van der Waals surface area contributed by atoms with Crippen LogP contribution in [-0.2, 0) is 0 Å². The summed E-state index contributed by atoms with van der Waals surface area (Å²) >= 11 is 0. The normalized spacial score (nSPS) is 12.3. The summed E-state index contributed by atoms with van der Waals surface area (Å²) in [6.45, 7) is 3.96. The van der Waals surface area contributed by atoms with Crippen LogP contribution >= 0.6 is 0 Å². The van der Waals surface area contributed by atoms with Crippen LogP contribution in [0.25, 0.3) is 0 Å². The minimum atomic E-state index is 0.282. The van der Waals surface area contributed by atoms with Crippen LogP contribution in [0, 0.1) is 5.92 Å². The Labute approximate surface area is 55.5 Å². The van der Waals surface area contributed by atoms with Gasteiger partial charge >= 0.3 is 0 Å². The van der Waals surface area contributed by atoms with Crippen LogP contribution in [0.3, 0.4) is 0 Å². The molecule has 4 N–H and O–H groups in total. The molecule has 0 rings (SSSR count). The molecule has 0 spiro atoms. The van der Waals surface area contributed by atoms with E-state index >= 15 is 0 Å². The monoisotopic (exact) mass is 130 g/mol. The number of amidine groups is 1. The molecule has 0 bridgehead atoms. The lowest BCUT2D eigenvalue weighted by atomic mass is 10.2. The summed E-state index contributed by atoms with van der Waals surface area (Å²) in [5.74, 6) is 11.4. The smallest absolute Gasteiger partial charge is 0.140 e. The Morgan fingerprint density at radius 3 is 2.00 bits per heavy atom. The lowest BCUT2D eigenvalue weighted by Crippen LogP contribution is -2.37. The number of hydrazine groups is 1. The van der Waals surface area contributed by atoms with Crippen LogP contribution in [0.5, 0.6) is 0 Å². The maximum Gasteiger partial charge on any atom is 0.140 e. The first-order valence-corrected chi connectivity index (χ1v) is 2.85. The zero-order valence-electron chi connectivity index (χ0n) is 6.13. The van der Waals surface area contributed by atoms with Crippen LogP contribution in [0.4, 0.5) is 0 Å². The van der Waals surface area contributed by atoms with E-state index in [-0.39, 0.29) is 5.92 Å². The predicted molar refractivity (Wildman–Crippen MR) is 38.4 cm³/mol. The second-order valence-electron chi connectivity index (χ2n) is 2.25. The molecule has 0 unspecified atom stereocenters. The van der Waals surface area contributed by atoms with Crippen LogP contribution in [0.1, 0.15) is 13.8 Å². The molecule has 4 heteroatoms. The molecule has 0 amide bonds. The van der Waals surface area contributed by atoms with Gasteiger partial charge in [-0.2, -0.15) is 5.10 Å². The first kappa shape index (κ1) is 8.23. The Hall–Kier alpha value is -0.770. The van der Waals surface area contributed by atoms with Gasteiger partial charge in [-0.3, -0.25) is 5.01 Å². The van der Waals surface area contributed by atoms with Crippen LogP contribution in [-0.4, -0.2) is 17.9 Å². The first-order valence-electron chi connectivity index (χ1n) is 2.85. The van der Waals surface area contributed by atoms with Crippen molar-refractivity contribution in [3.8, 4) is 0 Å². The van der Waals surface area contributed by atoms with Gasteiger partial charge in [0.15, 0.2) is 0 Å². The van der Waals surface area contributed by atoms with Crippen LogP contribution in [0.15, 0.2) is 5.10 Å². The highest BCUT2D eigenvalue weighted by atomic mass is 15.4. The summed E-state index contributed by atoms with van der Waals surface area (Å²) in [7, 11) is 1.71. The van der Waals surface area contributed by atoms with Gasteiger partial charge in [-0.05, 0) is 0 Å². The largest absolute Gasteiger partial charge is 0.322 e. The zero-order valence-corrected chi connectivity index (χ0v) is 6.13. The number of nitrogens with zero attached hydrogens (tertiary/aromatic N) is 2. The van der Waals surface area contributed by atoms with Crippen molar-refractivity contribution in [3.63, 3.8) is 0 Å². The summed E-state index contributed by atoms with van der Waals surface area (Å²) in [5, 5.41) is 4.93. The number of hydrogen-bond acceptors (Lipinski definition) is 3. The molecule has 0 aliphatic carbocycles. The molecule has 0 radical (unpaired) electrons. The van der Waals surface area contributed by atoms with E-state index in [9.17, 15) is 0 Å². The quantitative estimate of drug-likeness (QED) is 0.222. The average Bonchev–Trinajstić information content (AvgIpc) is 1.64. The Balaban J connectivity index is 4.01. The van der Waals surface area contributed by atoms with Crippen molar-refractivity contribution in [3.05, 3.63) is 0 Å². The summed E-state index contributed by atoms with van der Waals surface area (Å²) < 4.78 is 0. The standard InChI is InChI=1S/C5H14N4/c1-4(2)5(8-6)9(3)7/h4H,6-7H2,1-3H3/b8-5-. The molecule has 0 saturated carbocycles. The van der Waals surface area contributed by atoms with E-state index in [2.05, 4.69) is 5.10 Å². The fraction of sp³-hybridized carbons (Fsp3) is 0.800. The molecule has 4 nitrogen and oxygen atoms in total. The molecule has 0 aromatic rings. The van der Waals surface area contributed by atoms with E-state index in [1.807, 2.05) is 13.8 Å². The van der Waals surface area contributed by atoms with E-state index in [4.69, 9.17) is 11.7 Å². The second-order valence-corrected chi connectivity index (χ2v) is 2.25. The molecule has 0 aromatic heterocycles. The van der Waals surface area contributed by atoms with Gasteiger partial charge in [0.1, 0.15) is 5.84 Å². The van der Waals surface area contributed by atoms with Crippen molar-refractivity contribution >= 4 is 5.84 Å². The molecule has 54 valence electrons. The average molecular weight is 130 g/mol. The van der Waals surface area contributed by atoms with Crippen molar-refractivity contribution < 1.29 is 0 Å². The third-order valence-corrected chi connectivity index (χ3v) is 1.01. The molecule has 0 heterocycles. The van der Waals surface area contributed by atoms with Gasteiger partial charge in [0, 0.05) is 13.0 Å². The van der Waals surface area contributed by atoms with Crippen molar-refractivity contribution in [2.45, 2.75) is 13.8 Å². The maximum atomic E-state index is 5.37. The highest BCUT2D eigenvalue weighted by Crippen LogP contribution is 1.95. The molecule has 0 aromatic carbocycles. The third-order valence-electron chi connectivity index (χ3n) is 1.01. The van der Waals surface area contributed by atoms with Gasteiger partial charge in [-0.25, -0.2) is 5.84 Å². The van der Waals surface area contributed by atoms with E-state index in [1.54, 1.807) is 7.05 Å². The van der Waals surface area contributed by atoms with Gasteiger partial charge < -0.3 is 5.84 Å². The Kier molecular flexibility index (Phi) is 3.01. The molecule has 0 aliphatic rings. The Morgan fingerprint density at radius 1 is 1.56 bits per heavy atom. The maximum absolute atomic E-state index is 5.37. The van der Waals surface area contributed by atoms with E-state index in [0.29, 0.717) is 5.84 Å². The minimum Gasteiger partial charge on any atom is -0.322 e. The highest BCUT2D eigenvalue weighted by Gasteiger charge is 2.05. The summed E-state index contributed by atoms with van der Waals surface area (Å²) in [6, 6.07) is 0. The fourth-order valence-corrected chi connectivity index (χ4v) is 0.647. The van der Waals surface area contributed by atoms with Gasteiger partial charge in [-0.1, -0.05) is 13.8 Å². The van der Waals surface area contributed by atoms with Crippen molar-refractivity contribution in [2.24, 2.45) is 22.7 Å². The topological polar surface area (TPSA) is 67.6 Å². The molecular formula is C5H14N4. The molecular weight excluding hydrogens is 116 g/mol. The lowest BCUT2D eigenvalue weighted by molar-refractivity contribution is 0.502. The second kappa shape index (κ2) is 3.29. The fourth-order valence-electron chi connectivity index (χ4n) is 0.647. The van der Waals surface area contributed by atoms with Gasteiger partial charge in [0.05, 0.1) is 0 Å². The van der Waals surface area contributed by atoms with Gasteiger partial charge in [0.2, 0.25) is 0 Å². The van der Waals surface area contributed by atoms with Gasteiger partial charge in [0.25, 0.3) is 0 Å². The molecule has 0 saturated heterocycles. The summed E-state index contributed by atoms with van der Waals surface area (Å²) in [5.41, 5.74) is 0. The predicted octanol–water partition coefficient (Wildman–Crippen LogP) is -0.280. The zero-order chi connectivity index (χ0) is 7.44. The Morgan fingerprint density at radius 2 is 2.00 bits per heavy atom. The highest BCUT2D eigenvalue weighted by molar-refractivity contribution is 5.82. The van der Waals surface area contributed by atoms with Crippen LogP contribution in [0.2, 0.25) is 0 Å². The number of rotatable bonds is 1. The van der Waals surface area contributed by atoms with Crippen molar-refractivity contribution in [1.82, 2.24) is 5.01 Å².